The normalized spacial score (nSPS) is 13.1. The number of para-hydroxylation sites is 3. The average molecular weight is 755 g/mol. The first-order valence-corrected chi connectivity index (χ1v) is 20.3. The lowest BCUT2D eigenvalue weighted by molar-refractivity contribution is 0.667. The molecule has 0 saturated carbocycles. The second-order valence-corrected chi connectivity index (χ2v) is 16.1. The number of fused-ring (bicyclic) bond motifs is 12. The van der Waals surface area contributed by atoms with Crippen LogP contribution >= 0.6 is 0 Å². The summed E-state index contributed by atoms with van der Waals surface area (Å²) in [6, 6.07) is 69.5. The van der Waals surface area contributed by atoms with Crippen LogP contribution in [0.5, 0.6) is 0 Å². The molecule has 3 aromatic heterocycles. The number of hydrogen-bond donors (Lipinski definition) is 0. The van der Waals surface area contributed by atoms with Crippen LogP contribution < -0.4 is 0 Å². The van der Waals surface area contributed by atoms with Crippen LogP contribution in [-0.2, 0) is 5.41 Å². The van der Waals surface area contributed by atoms with Crippen molar-refractivity contribution >= 4 is 43.6 Å². The number of benzene rings is 8. The molecule has 12 rings (SSSR count). The van der Waals surface area contributed by atoms with Crippen molar-refractivity contribution in [1.82, 2.24) is 19.1 Å². The van der Waals surface area contributed by atoms with Gasteiger partial charge in [0, 0.05) is 55.0 Å². The molecule has 8 aromatic carbocycles. The smallest absolute Gasteiger partial charge is 0.160 e. The van der Waals surface area contributed by atoms with Gasteiger partial charge in [-0.05, 0) is 76.9 Å². The molecule has 0 aliphatic heterocycles. The summed E-state index contributed by atoms with van der Waals surface area (Å²) in [5.74, 6) is 0.697. The predicted molar refractivity (Wildman–Crippen MR) is 245 cm³/mol. The van der Waals surface area contributed by atoms with Gasteiger partial charge in [-0.3, -0.25) is 0 Å². The Morgan fingerprint density at radius 2 is 0.898 bits per heavy atom. The molecule has 0 bridgehead atoms. The first-order chi connectivity index (χ1) is 29.1. The highest BCUT2D eigenvalue weighted by molar-refractivity contribution is 6.31. The summed E-state index contributed by atoms with van der Waals surface area (Å²) >= 11 is 0. The van der Waals surface area contributed by atoms with Gasteiger partial charge >= 0.3 is 0 Å². The number of hydrogen-bond acceptors (Lipinski definition) is 2. The lowest BCUT2D eigenvalue weighted by atomic mass is 9.80. The molecular weight excluding hydrogens is 717 g/mol. The monoisotopic (exact) mass is 754 g/mol. The van der Waals surface area contributed by atoms with Gasteiger partial charge in [-0.15, -0.1) is 0 Å². The molecule has 4 nitrogen and oxygen atoms in total. The van der Waals surface area contributed by atoms with Crippen molar-refractivity contribution in [2.24, 2.45) is 0 Å². The summed E-state index contributed by atoms with van der Waals surface area (Å²) in [5, 5.41) is 5.11. The van der Waals surface area contributed by atoms with E-state index in [4.69, 9.17) is 9.97 Å². The molecule has 11 aromatic rings. The molecule has 4 heteroatoms. The van der Waals surface area contributed by atoms with E-state index in [1.165, 1.54) is 65.9 Å². The van der Waals surface area contributed by atoms with E-state index in [0.717, 1.165) is 39.5 Å². The van der Waals surface area contributed by atoms with Crippen molar-refractivity contribution in [2.75, 3.05) is 0 Å². The first kappa shape index (κ1) is 33.6. The van der Waals surface area contributed by atoms with Gasteiger partial charge < -0.3 is 9.13 Å². The maximum Gasteiger partial charge on any atom is 0.160 e. The number of aromatic nitrogens is 4. The zero-order chi connectivity index (χ0) is 39.2. The van der Waals surface area contributed by atoms with Gasteiger partial charge in [0.1, 0.15) is 0 Å². The number of rotatable bonds is 5. The first-order valence-electron chi connectivity index (χ1n) is 20.3. The highest BCUT2D eigenvalue weighted by atomic mass is 15.0. The Balaban J connectivity index is 1.17. The zero-order valence-electron chi connectivity index (χ0n) is 32.8. The van der Waals surface area contributed by atoms with Crippen LogP contribution in [-0.4, -0.2) is 19.1 Å². The largest absolute Gasteiger partial charge is 0.307 e. The number of nitrogens with zero attached hydrogens (tertiary/aromatic N) is 4. The summed E-state index contributed by atoms with van der Waals surface area (Å²) in [4.78, 5) is 10.3. The highest BCUT2D eigenvalue weighted by Gasteiger charge is 2.41. The molecule has 3 heterocycles. The van der Waals surface area contributed by atoms with Crippen molar-refractivity contribution < 1.29 is 0 Å². The Morgan fingerprint density at radius 1 is 0.424 bits per heavy atom. The second kappa shape index (κ2) is 12.7. The van der Waals surface area contributed by atoms with Crippen LogP contribution in [0.25, 0.3) is 100 Å². The average Bonchev–Trinajstić information content (AvgIpc) is 3.90. The minimum Gasteiger partial charge on any atom is -0.307 e. The molecular formula is C55H38N4. The molecule has 0 radical (unpaired) electrons. The standard InChI is InChI=1S/C55H38N4/c1-55(2)43-27-15-12-24-40(43)48-49-41-25-13-16-28-46(41)58(38-22-10-5-11-23-38)52(49)53-50(51(48)55)42-26-14-17-29-47(42)59(53)39-32-30-37(31-33-39)54-56-44(35-18-6-3-7-19-35)34-45(57-54)36-20-8-4-9-21-36/h3-34H,1-2H3. The molecule has 59 heavy (non-hydrogen) atoms. The summed E-state index contributed by atoms with van der Waals surface area (Å²) in [6.45, 7) is 4.82. The van der Waals surface area contributed by atoms with E-state index in [-0.39, 0.29) is 5.41 Å². The Hall–Kier alpha value is -7.56. The van der Waals surface area contributed by atoms with E-state index in [1.54, 1.807) is 0 Å². The zero-order valence-corrected chi connectivity index (χ0v) is 32.8. The van der Waals surface area contributed by atoms with Gasteiger partial charge in [-0.2, -0.15) is 0 Å². The van der Waals surface area contributed by atoms with Crippen LogP contribution in [0.4, 0.5) is 0 Å². The fourth-order valence-corrected chi connectivity index (χ4v) is 9.92. The van der Waals surface area contributed by atoms with Crippen LogP contribution in [0.15, 0.2) is 194 Å². The third-order valence-electron chi connectivity index (χ3n) is 12.5. The van der Waals surface area contributed by atoms with Gasteiger partial charge in [0.25, 0.3) is 0 Å². The Labute approximate surface area is 342 Å². The molecule has 0 spiro atoms. The maximum atomic E-state index is 5.16. The molecule has 278 valence electrons. The van der Waals surface area contributed by atoms with Crippen LogP contribution in [0.3, 0.4) is 0 Å². The van der Waals surface area contributed by atoms with Crippen molar-refractivity contribution in [1.29, 1.82) is 0 Å². The van der Waals surface area contributed by atoms with Crippen LogP contribution in [0.2, 0.25) is 0 Å². The van der Waals surface area contributed by atoms with E-state index in [0.29, 0.717) is 5.82 Å². The topological polar surface area (TPSA) is 35.6 Å². The van der Waals surface area contributed by atoms with Crippen LogP contribution in [0.1, 0.15) is 25.0 Å². The molecule has 0 N–H and O–H groups in total. The lowest BCUT2D eigenvalue weighted by Crippen LogP contribution is -2.15. The van der Waals surface area contributed by atoms with E-state index >= 15 is 0 Å². The minimum atomic E-state index is -0.231. The van der Waals surface area contributed by atoms with Gasteiger partial charge in [-0.1, -0.05) is 153 Å². The van der Waals surface area contributed by atoms with Crippen molar-refractivity contribution in [2.45, 2.75) is 19.3 Å². The summed E-state index contributed by atoms with van der Waals surface area (Å²) in [7, 11) is 0. The van der Waals surface area contributed by atoms with E-state index in [9.17, 15) is 0 Å². The molecule has 0 atom stereocenters. The SMILES string of the molecule is CC1(C)c2ccccc2-c2c1c1c3ccccc3n(-c3ccc(-c4nc(-c5ccccc5)cc(-c5ccccc5)n4)cc3)c1c1c2c2ccccc2n1-c1ccccc1. The third-order valence-corrected chi connectivity index (χ3v) is 12.5. The molecule has 1 aliphatic carbocycles. The quantitative estimate of drug-likeness (QED) is 0.175. The van der Waals surface area contributed by atoms with Crippen molar-refractivity contribution in [3.8, 4) is 56.4 Å². The molecule has 1 aliphatic rings. The summed E-state index contributed by atoms with van der Waals surface area (Å²) in [5.41, 5.74) is 17.1. The summed E-state index contributed by atoms with van der Waals surface area (Å²) < 4.78 is 5.00. The molecule has 0 amide bonds. The van der Waals surface area contributed by atoms with Crippen molar-refractivity contribution in [3.63, 3.8) is 0 Å². The van der Waals surface area contributed by atoms with Crippen LogP contribution in [0, 0.1) is 0 Å². The maximum absolute atomic E-state index is 5.16. The fraction of sp³-hybridized carbons (Fsp3) is 0.0545. The Bertz CT molecular complexity index is 3370. The lowest BCUT2D eigenvalue weighted by Gasteiger charge is -2.23. The van der Waals surface area contributed by atoms with Crippen molar-refractivity contribution in [3.05, 3.63) is 205 Å². The Kier molecular flexibility index (Phi) is 7.24. The summed E-state index contributed by atoms with van der Waals surface area (Å²) in [6.07, 6.45) is 0. The Morgan fingerprint density at radius 3 is 1.51 bits per heavy atom. The van der Waals surface area contributed by atoms with Gasteiger partial charge in [0.2, 0.25) is 0 Å². The fourth-order valence-electron chi connectivity index (χ4n) is 9.92. The third kappa shape index (κ3) is 4.90. The van der Waals surface area contributed by atoms with Gasteiger partial charge in [0.15, 0.2) is 5.82 Å². The minimum absolute atomic E-state index is 0.231. The van der Waals surface area contributed by atoms with Gasteiger partial charge in [-0.25, -0.2) is 9.97 Å². The van der Waals surface area contributed by atoms with E-state index in [2.05, 4.69) is 205 Å². The van der Waals surface area contributed by atoms with Gasteiger partial charge in [0.05, 0.1) is 33.5 Å². The second-order valence-electron chi connectivity index (χ2n) is 16.1. The molecule has 0 fully saturated rings. The highest BCUT2D eigenvalue weighted by Crippen LogP contribution is 2.58. The molecule has 0 unspecified atom stereocenters. The predicted octanol–water partition coefficient (Wildman–Crippen LogP) is 14.0. The van der Waals surface area contributed by atoms with E-state index < -0.39 is 0 Å². The van der Waals surface area contributed by atoms with E-state index in [1.807, 2.05) is 12.1 Å². The molecule has 0 saturated heterocycles.